The molecule has 2 N–H and O–H groups in total. The highest BCUT2D eigenvalue weighted by molar-refractivity contribution is 14.1. The van der Waals surface area contributed by atoms with Gasteiger partial charge in [0.25, 0.3) is 11.8 Å². The number of halogens is 3. The van der Waals surface area contributed by atoms with Crippen molar-refractivity contribution >= 4 is 102 Å². The average Bonchev–Trinajstić information content (AvgIpc) is 2.55. The van der Waals surface area contributed by atoms with Crippen LogP contribution in [0.4, 0.5) is 5.69 Å². The number of carbonyl (C=O) groups is 2. The Balaban J connectivity index is 2.09. The lowest BCUT2D eigenvalue weighted by atomic mass is 10.1. The van der Waals surface area contributed by atoms with E-state index in [9.17, 15) is 14.7 Å². The van der Waals surface area contributed by atoms with Gasteiger partial charge in [0.15, 0.2) is 5.11 Å². The molecule has 0 aliphatic carbocycles. The summed E-state index contributed by atoms with van der Waals surface area (Å²) in [4.78, 5) is 26.5. The minimum Gasteiger partial charge on any atom is -0.506 e. The molecule has 1 fully saturated rings. The van der Waals surface area contributed by atoms with Crippen molar-refractivity contribution in [2.24, 2.45) is 0 Å². The summed E-state index contributed by atoms with van der Waals surface area (Å²) in [5.74, 6) is -1.13. The van der Waals surface area contributed by atoms with Crippen LogP contribution in [0.5, 0.6) is 5.75 Å². The van der Waals surface area contributed by atoms with Crippen LogP contribution in [0.15, 0.2) is 46.4 Å². The highest BCUT2D eigenvalue weighted by atomic mass is 127. The second-order valence-corrected chi connectivity index (χ2v) is 8.97. The third-order valence-corrected chi connectivity index (χ3v) is 5.75. The quantitative estimate of drug-likeness (QED) is 0.221. The molecule has 2 aromatic rings. The third-order valence-electron chi connectivity index (χ3n) is 3.53. The molecule has 26 heavy (non-hydrogen) atoms. The van der Waals surface area contributed by atoms with Crippen molar-refractivity contribution in [3.63, 3.8) is 0 Å². The van der Waals surface area contributed by atoms with Gasteiger partial charge in [-0.25, -0.2) is 0 Å². The van der Waals surface area contributed by atoms with Gasteiger partial charge in [0, 0.05) is 13.6 Å². The molecule has 5 nitrogen and oxygen atoms in total. The summed E-state index contributed by atoms with van der Waals surface area (Å²) in [6.07, 6.45) is 1.38. The van der Waals surface area contributed by atoms with Gasteiger partial charge < -0.3 is 5.11 Å². The van der Waals surface area contributed by atoms with Gasteiger partial charge in [-0.2, -0.15) is 0 Å². The molecule has 1 heterocycles. The number of thiocarbonyl (C=S) groups is 1. The van der Waals surface area contributed by atoms with Crippen LogP contribution in [-0.2, 0) is 9.59 Å². The molecule has 0 radical (unpaired) electrons. The topological polar surface area (TPSA) is 69.6 Å². The van der Waals surface area contributed by atoms with E-state index < -0.39 is 11.8 Å². The standard InChI is InChI=1S/C17H9BrI2N2O3S/c18-9-2-1-3-11(6-9)22-16(25)12(15(24)21-17(22)26)5-8-4-10(19)7-13(20)14(8)23/h1-7,23H,(H,21,24,26)/b12-5-. The molecule has 2 amide bonds. The number of nitrogens with zero attached hydrogens (tertiary/aromatic N) is 1. The lowest BCUT2D eigenvalue weighted by molar-refractivity contribution is -0.122. The Morgan fingerprint density at radius 3 is 2.62 bits per heavy atom. The summed E-state index contributed by atoms with van der Waals surface area (Å²) < 4.78 is 2.28. The molecule has 132 valence electrons. The van der Waals surface area contributed by atoms with E-state index in [1.54, 1.807) is 30.3 Å². The normalized spacial score (nSPS) is 16.2. The maximum absolute atomic E-state index is 13.0. The fourth-order valence-electron chi connectivity index (χ4n) is 2.36. The maximum atomic E-state index is 13.0. The SMILES string of the molecule is O=C1NC(=S)N(c2cccc(Br)c2)C(=O)/C1=C\c1cc(I)cc(I)c1O. The molecular weight excluding hydrogens is 646 g/mol. The summed E-state index contributed by atoms with van der Waals surface area (Å²) in [6.45, 7) is 0. The zero-order chi connectivity index (χ0) is 19.0. The van der Waals surface area contributed by atoms with Gasteiger partial charge in [0.2, 0.25) is 0 Å². The van der Waals surface area contributed by atoms with Crippen molar-refractivity contribution < 1.29 is 14.7 Å². The first-order valence-electron chi connectivity index (χ1n) is 7.13. The van der Waals surface area contributed by atoms with E-state index in [-0.39, 0.29) is 16.4 Å². The van der Waals surface area contributed by atoms with E-state index in [4.69, 9.17) is 12.2 Å². The lowest BCUT2D eigenvalue weighted by Gasteiger charge is -2.29. The number of hydrogen-bond donors (Lipinski definition) is 2. The number of hydrogen-bond acceptors (Lipinski definition) is 4. The average molecular weight is 655 g/mol. The summed E-state index contributed by atoms with van der Waals surface area (Å²) in [6, 6.07) is 10.5. The van der Waals surface area contributed by atoms with Crippen molar-refractivity contribution in [1.29, 1.82) is 0 Å². The van der Waals surface area contributed by atoms with E-state index in [0.717, 1.165) is 8.04 Å². The molecular formula is C17H9BrI2N2O3S. The van der Waals surface area contributed by atoms with E-state index in [2.05, 4.69) is 43.8 Å². The largest absolute Gasteiger partial charge is 0.506 e. The van der Waals surface area contributed by atoms with Crippen molar-refractivity contribution in [2.45, 2.75) is 0 Å². The van der Waals surface area contributed by atoms with E-state index in [1.807, 2.05) is 28.7 Å². The number of phenols is 1. The molecule has 0 bridgehead atoms. The predicted molar refractivity (Wildman–Crippen MR) is 124 cm³/mol. The molecule has 1 aliphatic heterocycles. The van der Waals surface area contributed by atoms with Gasteiger partial charge in [-0.05, 0) is 93.8 Å². The molecule has 0 saturated carbocycles. The summed E-state index contributed by atoms with van der Waals surface area (Å²) in [5.41, 5.74) is 0.815. The highest BCUT2D eigenvalue weighted by Crippen LogP contribution is 2.30. The smallest absolute Gasteiger partial charge is 0.270 e. The minimum atomic E-state index is -0.598. The first-order chi connectivity index (χ1) is 12.3. The highest BCUT2D eigenvalue weighted by Gasteiger charge is 2.34. The second kappa shape index (κ2) is 7.90. The molecule has 3 rings (SSSR count). The number of aromatic hydroxyl groups is 1. The van der Waals surface area contributed by atoms with Crippen LogP contribution in [0.3, 0.4) is 0 Å². The first-order valence-corrected chi connectivity index (χ1v) is 10.5. The molecule has 9 heteroatoms. The Bertz CT molecular complexity index is 994. The number of nitrogens with one attached hydrogen (secondary N) is 1. The molecule has 1 aliphatic rings. The lowest BCUT2D eigenvalue weighted by Crippen LogP contribution is -2.54. The predicted octanol–water partition coefficient (Wildman–Crippen LogP) is 4.20. The Hall–Kier alpha value is -1.05. The van der Waals surface area contributed by atoms with Crippen molar-refractivity contribution in [2.75, 3.05) is 4.90 Å². The number of anilines is 1. The van der Waals surface area contributed by atoms with E-state index >= 15 is 0 Å². The zero-order valence-corrected chi connectivity index (χ0v) is 19.5. The maximum Gasteiger partial charge on any atom is 0.270 e. The number of carbonyl (C=O) groups excluding carboxylic acids is 2. The summed E-state index contributed by atoms with van der Waals surface area (Å²) in [7, 11) is 0. The minimum absolute atomic E-state index is 0.0108. The summed E-state index contributed by atoms with van der Waals surface area (Å²) >= 11 is 12.6. The second-order valence-electron chi connectivity index (χ2n) is 5.26. The molecule has 0 atom stereocenters. The number of amides is 2. The number of rotatable bonds is 2. The van der Waals surface area contributed by atoms with Gasteiger partial charge >= 0.3 is 0 Å². The Kier molecular flexibility index (Phi) is 5.99. The zero-order valence-electron chi connectivity index (χ0n) is 12.8. The van der Waals surface area contributed by atoms with Crippen LogP contribution in [0.25, 0.3) is 6.08 Å². The fourth-order valence-corrected chi connectivity index (χ4v) is 4.92. The Morgan fingerprint density at radius 1 is 1.19 bits per heavy atom. The molecule has 0 unspecified atom stereocenters. The van der Waals surface area contributed by atoms with Crippen LogP contribution < -0.4 is 10.2 Å². The fraction of sp³-hybridized carbons (Fsp3) is 0. The van der Waals surface area contributed by atoms with Crippen LogP contribution >= 0.6 is 73.3 Å². The monoisotopic (exact) mass is 654 g/mol. The van der Waals surface area contributed by atoms with Gasteiger partial charge in [0.1, 0.15) is 11.3 Å². The Morgan fingerprint density at radius 2 is 1.92 bits per heavy atom. The first kappa shape index (κ1) is 19.7. The Labute approximate surface area is 190 Å². The van der Waals surface area contributed by atoms with Gasteiger partial charge in [-0.3, -0.25) is 19.8 Å². The van der Waals surface area contributed by atoms with Crippen molar-refractivity contribution in [3.05, 3.63) is 59.1 Å². The molecule has 0 spiro atoms. The van der Waals surface area contributed by atoms with Crippen molar-refractivity contribution in [1.82, 2.24) is 5.32 Å². The summed E-state index contributed by atoms with van der Waals surface area (Å²) in [5, 5.41) is 12.8. The van der Waals surface area contributed by atoms with Gasteiger partial charge in [-0.1, -0.05) is 22.0 Å². The number of phenolic OH excluding ortho intramolecular Hbond substituents is 1. The van der Waals surface area contributed by atoms with Crippen LogP contribution in [0, 0.1) is 7.14 Å². The van der Waals surface area contributed by atoms with E-state index in [1.165, 1.54) is 11.0 Å². The van der Waals surface area contributed by atoms with Crippen LogP contribution in [-0.4, -0.2) is 22.0 Å². The molecule has 2 aromatic carbocycles. The third kappa shape index (κ3) is 3.94. The number of benzene rings is 2. The van der Waals surface area contributed by atoms with Crippen molar-refractivity contribution in [3.8, 4) is 5.75 Å². The van der Waals surface area contributed by atoms with Gasteiger partial charge in [0.05, 0.1) is 9.26 Å². The van der Waals surface area contributed by atoms with Crippen LogP contribution in [0.2, 0.25) is 0 Å². The van der Waals surface area contributed by atoms with Crippen LogP contribution in [0.1, 0.15) is 5.56 Å². The van der Waals surface area contributed by atoms with Gasteiger partial charge in [-0.15, -0.1) is 0 Å². The molecule has 0 aromatic heterocycles. The molecule has 1 saturated heterocycles. The van der Waals surface area contributed by atoms with E-state index in [0.29, 0.717) is 14.8 Å².